The van der Waals surface area contributed by atoms with E-state index in [1.807, 2.05) is 0 Å². The molecule has 0 saturated carbocycles. The number of nitrogens with one attached hydrogen (secondary N) is 1. The van der Waals surface area contributed by atoms with E-state index in [9.17, 15) is 19.7 Å². The number of hydrogen-bond donors (Lipinski definition) is 1. The summed E-state index contributed by atoms with van der Waals surface area (Å²) in [4.78, 5) is 34.6. The van der Waals surface area contributed by atoms with Crippen molar-refractivity contribution in [1.29, 1.82) is 0 Å². The van der Waals surface area contributed by atoms with Crippen LogP contribution >= 0.6 is 0 Å². The molecule has 0 aromatic heterocycles. The van der Waals surface area contributed by atoms with Crippen LogP contribution in [0.15, 0.2) is 77.9 Å². The van der Waals surface area contributed by atoms with Crippen molar-refractivity contribution < 1.29 is 24.0 Å². The highest BCUT2D eigenvalue weighted by atomic mass is 16.6. The maximum atomic E-state index is 12.2. The van der Waals surface area contributed by atoms with E-state index in [2.05, 4.69) is 10.5 Å². The van der Waals surface area contributed by atoms with Crippen LogP contribution in [0.25, 0.3) is 0 Å². The Morgan fingerprint density at radius 3 is 2.48 bits per heavy atom. The van der Waals surface area contributed by atoms with Crippen LogP contribution in [0.5, 0.6) is 11.5 Å². The van der Waals surface area contributed by atoms with Crippen LogP contribution in [-0.4, -0.2) is 30.1 Å². The van der Waals surface area contributed by atoms with Gasteiger partial charge in [0.2, 0.25) is 0 Å². The van der Waals surface area contributed by atoms with Crippen molar-refractivity contribution >= 4 is 23.8 Å². The van der Waals surface area contributed by atoms with Gasteiger partial charge in [-0.05, 0) is 42.0 Å². The minimum atomic E-state index is -0.659. The average Bonchev–Trinajstić information content (AvgIpc) is 2.79. The summed E-state index contributed by atoms with van der Waals surface area (Å²) in [5.74, 6) is -0.415. The van der Waals surface area contributed by atoms with Crippen molar-refractivity contribution in [3.8, 4) is 11.5 Å². The van der Waals surface area contributed by atoms with Gasteiger partial charge in [0.05, 0.1) is 29.4 Å². The highest BCUT2D eigenvalue weighted by Gasteiger charge is 2.12. The molecule has 1 amide bonds. The minimum Gasteiger partial charge on any atom is -0.496 e. The fourth-order valence-electron chi connectivity index (χ4n) is 2.60. The summed E-state index contributed by atoms with van der Waals surface area (Å²) < 4.78 is 10.4. The summed E-state index contributed by atoms with van der Waals surface area (Å²) in [5.41, 5.74) is 3.38. The highest BCUT2D eigenvalue weighted by Crippen LogP contribution is 2.18. The number of rotatable bonds is 7. The first kappa shape index (κ1) is 21.2. The van der Waals surface area contributed by atoms with E-state index < -0.39 is 16.8 Å². The molecule has 9 nitrogen and oxygen atoms in total. The van der Waals surface area contributed by atoms with Crippen molar-refractivity contribution in [3.63, 3.8) is 0 Å². The van der Waals surface area contributed by atoms with E-state index in [0.717, 1.165) is 0 Å². The number of non-ortho nitro benzene ring substituents is 1. The molecule has 0 atom stereocenters. The molecule has 9 heteroatoms. The first-order valence-electron chi connectivity index (χ1n) is 9.01. The van der Waals surface area contributed by atoms with Crippen LogP contribution in [0.4, 0.5) is 5.69 Å². The zero-order chi connectivity index (χ0) is 22.2. The normalized spacial score (nSPS) is 10.5. The second-order valence-electron chi connectivity index (χ2n) is 6.17. The van der Waals surface area contributed by atoms with Gasteiger partial charge >= 0.3 is 5.97 Å². The number of ether oxygens (including phenoxy) is 2. The number of esters is 1. The number of hydrogen-bond acceptors (Lipinski definition) is 7. The molecule has 3 aromatic carbocycles. The molecule has 0 aliphatic carbocycles. The molecule has 0 fully saturated rings. The first-order valence-corrected chi connectivity index (χ1v) is 9.01. The lowest BCUT2D eigenvalue weighted by atomic mass is 10.2. The summed E-state index contributed by atoms with van der Waals surface area (Å²) in [7, 11) is 1.47. The van der Waals surface area contributed by atoms with Gasteiger partial charge in [0.25, 0.3) is 11.6 Å². The number of benzene rings is 3. The summed E-state index contributed by atoms with van der Waals surface area (Å²) in [6.07, 6.45) is 1.40. The van der Waals surface area contributed by atoms with E-state index in [0.29, 0.717) is 16.9 Å². The van der Waals surface area contributed by atoms with Gasteiger partial charge in [-0.3, -0.25) is 14.9 Å². The molecule has 0 bridgehead atoms. The van der Waals surface area contributed by atoms with Crippen molar-refractivity contribution in [2.45, 2.75) is 0 Å². The van der Waals surface area contributed by atoms with Gasteiger partial charge in [0.15, 0.2) is 0 Å². The van der Waals surface area contributed by atoms with Crippen LogP contribution in [0, 0.1) is 10.1 Å². The first-order chi connectivity index (χ1) is 15.0. The van der Waals surface area contributed by atoms with Crippen LogP contribution in [0.2, 0.25) is 0 Å². The number of nitrogens with zero attached hydrogens (tertiary/aromatic N) is 2. The fraction of sp³-hybridized carbons (Fsp3) is 0.0455. The van der Waals surface area contributed by atoms with E-state index in [-0.39, 0.29) is 17.0 Å². The number of carbonyl (C=O) groups is 2. The second-order valence-corrected chi connectivity index (χ2v) is 6.17. The van der Waals surface area contributed by atoms with Crippen LogP contribution < -0.4 is 14.9 Å². The van der Waals surface area contributed by atoms with Crippen molar-refractivity contribution in [1.82, 2.24) is 5.43 Å². The molecule has 0 unspecified atom stereocenters. The smallest absolute Gasteiger partial charge is 0.343 e. The maximum Gasteiger partial charge on any atom is 0.343 e. The average molecular weight is 419 g/mol. The minimum absolute atomic E-state index is 0.120. The van der Waals surface area contributed by atoms with Crippen LogP contribution in [-0.2, 0) is 0 Å². The Labute approximate surface area is 177 Å². The molecule has 0 spiro atoms. The standard InChI is InChI=1S/C22H17N3O6/c1-30-20-8-3-2-7-19(20)21(26)24-23-14-15-5-4-6-18(13-15)31-22(27)16-9-11-17(12-10-16)25(28)29/h2-14H,1H3,(H,24,26)/b23-14-. The lowest BCUT2D eigenvalue weighted by Gasteiger charge is -2.06. The third-order valence-corrected chi connectivity index (χ3v) is 4.11. The Kier molecular flexibility index (Phi) is 6.69. The molecule has 0 aliphatic heterocycles. The van der Waals surface area contributed by atoms with Crippen molar-refractivity contribution in [2.24, 2.45) is 5.10 Å². The number of nitro groups is 1. The zero-order valence-electron chi connectivity index (χ0n) is 16.3. The van der Waals surface area contributed by atoms with E-state index in [1.54, 1.807) is 48.5 Å². The Morgan fingerprint density at radius 1 is 1.03 bits per heavy atom. The lowest BCUT2D eigenvalue weighted by molar-refractivity contribution is -0.384. The van der Waals surface area contributed by atoms with Crippen molar-refractivity contribution in [3.05, 3.63) is 99.6 Å². The third-order valence-electron chi connectivity index (χ3n) is 4.11. The molecule has 0 saturated heterocycles. The summed E-state index contributed by atoms with van der Waals surface area (Å²) in [5, 5.41) is 14.6. The Balaban J connectivity index is 1.64. The largest absolute Gasteiger partial charge is 0.496 e. The SMILES string of the molecule is COc1ccccc1C(=O)N/N=C\c1cccc(OC(=O)c2ccc([N+](=O)[O-])cc2)c1. The quantitative estimate of drug-likeness (QED) is 0.205. The van der Waals surface area contributed by atoms with Gasteiger partial charge < -0.3 is 9.47 Å². The molecule has 0 radical (unpaired) electrons. The van der Waals surface area contributed by atoms with Gasteiger partial charge in [0.1, 0.15) is 11.5 Å². The molecule has 156 valence electrons. The highest BCUT2D eigenvalue weighted by molar-refractivity contribution is 5.97. The fourth-order valence-corrected chi connectivity index (χ4v) is 2.60. The molecule has 0 aliphatic rings. The predicted octanol–water partition coefficient (Wildman–Crippen LogP) is 3.59. The number of carbonyl (C=O) groups excluding carboxylic acids is 2. The predicted molar refractivity (Wildman–Crippen MR) is 113 cm³/mol. The van der Waals surface area contributed by atoms with Crippen molar-refractivity contribution in [2.75, 3.05) is 7.11 Å². The maximum absolute atomic E-state index is 12.2. The topological polar surface area (TPSA) is 120 Å². The van der Waals surface area contributed by atoms with Crippen LogP contribution in [0.1, 0.15) is 26.3 Å². The summed E-state index contributed by atoms with van der Waals surface area (Å²) >= 11 is 0. The molecule has 31 heavy (non-hydrogen) atoms. The molecular formula is C22H17N3O6. The monoisotopic (exact) mass is 419 g/mol. The van der Waals surface area contributed by atoms with E-state index in [4.69, 9.17) is 9.47 Å². The number of para-hydroxylation sites is 1. The zero-order valence-corrected chi connectivity index (χ0v) is 16.3. The van der Waals surface area contributed by atoms with Crippen LogP contribution in [0.3, 0.4) is 0 Å². The Hall–Kier alpha value is -4.53. The molecule has 3 rings (SSSR count). The molecule has 0 heterocycles. The van der Waals surface area contributed by atoms with Gasteiger partial charge in [-0.1, -0.05) is 24.3 Å². The molecule has 1 N–H and O–H groups in total. The summed E-state index contributed by atoms with van der Waals surface area (Å²) in [6, 6.07) is 18.3. The van der Waals surface area contributed by atoms with E-state index in [1.165, 1.54) is 37.6 Å². The Bertz CT molecular complexity index is 1140. The van der Waals surface area contributed by atoms with Gasteiger partial charge in [-0.25, -0.2) is 10.2 Å². The number of hydrazone groups is 1. The molecular weight excluding hydrogens is 402 g/mol. The second kappa shape index (κ2) is 9.79. The third kappa shape index (κ3) is 5.51. The van der Waals surface area contributed by atoms with Gasteiger partial charge in [-0.15, -0.1) is 0 Å². The molecule has 3 aromatic rings. The number of methoxy groups -OCH3 is 1. The number of amides is 1. The lowest BCUT2D eigenvalue weighted by Crippen LogP contribution is -2.18. The Morgan fingerprint density at radius 2 is 1.77 bits per heavy atom. The van der Waals surface area contributed by atoms with Gasteiger partial charge in [0, 0.05) is 12.1 Å². The van der Waals surface area contributed by atoms with Gasteiger partial charge in [-0.2, -0.15) is 5.10 Å². The summed E-state index contributed by atoms with van der Waals surface area (Å²) in [6.45, 7) is 0. The number of nitro benzene ring substituents is 1. The van der Waals surface area contributed by atoms with E-state index >= 15 is 0 Å².